The van der Waals surface area contributed by atoms with E-state index >= 15 is 0 Å². The smallest absolute Gasteiger partial charge is 0.325 e. The van der Waals surface area contributed by atoms with Crippen molar-refractivity contribution in [1.82, 2.24) is 25.8 Å². The Bertz CT molecular complexity index is 512. The molecule has 3 aliphatic rings. The average molecular weight is 337 g/mol. The quantitative estimate of drug-likeness (QED) is 0.575. The van der Waals surface area contributed by atoms with Gasteiger partial charge < -0.3 is 16.0 Å². The van der Waals surface area contributed by atoms with Gasteiger partial charge in [0.1, 0.15) is 11.6 Å². The van der Waals surface area contributed by atoms with Crippen molar-refractivity contribution in [3.8, 4) is 0 Å². The van der Waals surface area contributed by atoms with E-state index in [0.717, 1.165) is 50.5 Å². The number of hydrogen-bond acceptors (Lipinski definition) is 5. The van der Waals surface area contributed by atoms with Crippen molar-refractivity contribution >= 4 is 17.8 Å². The summed E-state index contributed by atoms with van der Waals surface area (Å²) in [6.45, 7) is 6.81. The Balaban J connectivity index is 1.51. The molecule has 3 fully saturated rings. The number of amides is 4. The van der Waals surface area contributed by atoms with Gasteiger partial charge in [-0.15, -0.1) is 0 Å². The van der Waals surface area contributed by atoms with E-state index in [-0.39, 0.29) is 11.8 Å². The normalized spacial score (nSPS) is 25.1. The molecule has 1 atom stereocenters. The third-order valence-electron chi connectivity index (χ3n) is 5.35. The number of carbonyl (C=O) groups is 3. The number of nitrogens with zero attached hydrogens (tertiary/aromatic N) is 2. The first kappa shape index (κ1) is 17.2. The molecule has 1 aliphatic carbocycles. The molecule has 3 N–H and O–H groups in total. The standard InChI is InChI=1S/C16H27N5O3/c1-12(13(22)18-8-11-20-9-6-17-7-10-20)21-14(23)16(19-15(21)24)4-2-3-5-16/h12,17H,2-11H2,1H3,(H,18,22)(H,19,24). The molecule has 1 unspecified atom stereocenters. The van der Waals surface area contributed by atoms with Crippen LogP contribution in [0.2, 0.25) is 0 Å². The van der Waals surface area contributed by atoms with Gasteiger partial charge in [0.2, 0.25) is 5.91 Å². The lowest BCUT2D eigenvalue weighted by molar-refractivity contribution is -0.137. The third kappa shape index (κ3) is 3.25. The van der Waals surface area contributed by atoms with E-state index in [1.165, 1.54) is 0 Å². The molecule has 0 aromatic rings. The van der Waals surface area contributed by atoms with Crippen molar-refractivity contribution in [2.24, 2.45) is 0 Å². The summed E-state index contributed by atoms with van der Waals surface area (Å²) in [4.78, 5) is 40.6. The molecule has 3 rings (SSSR count). The lowest BCUT2D eigenvalue weighted by atomic mass is 9.97. The molecule has 2 aliphatic heterocycles. The third-order valence-corrected chi connectivity index (χ3v) is 5.35. The maximum Gasteiger partial charge on any atom is 0.325 e. The minimum absolute atomic E-state index is 0.241. The lowest BCUT2D eigenvalue weighted by Gasteiger charge is -2.28. The van der Waals surface area contributed by atoms with Gasteiger partial charge >= 0.3 is 6.03 Å². The van der Waals surface area contributed by atoms with E-state index in [4.69, 9.17) is 0 Å². The molecule has 0 aromatic heterocycles. The molecule has 2 saturated heterocycles. The zero-order valence-corrected chi connectivity index (χ0v) is 14.3. The first-order valence-corrected chi connectivity index (χ1v) is 8.90. The van der Waals surface area contributed by atoms with Crippen molar-refractivity contribution in [2.45, 2.75) is 44.2 Å². The van der Waals surface area contributed by atoms with Crippen LogP contribution in [0.3, 0.4) is 0 Å². The van der Waals surface area contributed by atoms with E-state index in [1.54, 1.807) is 6.92 Å². The molecule has 1 spiro atoms. The molecule has 24 heavy (non-hydrogen) atoms. The van der Waals surface area contributed by atoms with Crippen LogP contribution in [0.15, 0.2) is 0 Å². The Kier molecular flexibility index (Phi) is 5.05. The molecule has 8 nitrogen and oxygen atoms in total. The van der Waals surface area contributed by atoms with Crippen LogP contribution in [-0.4, -0.2) is 78.5 Å². The highest BCUT2D eigenvalue weighted by atomic mass is 16.2. The average Bonchev–Trinajstić information content (AvgIpc) is 3.14. The highest BCUT2D eigenvalue weighted by Gasteiger charge is 2.54. The van der Waals surface area contributed by atoms with E-state index in [1.807, 2.05) is 0 Å². The van der Waals surface area contributed by atoms with Gasteiger partial charge in [-0.25, -0.2) is 9.69 Å². The van der Waals surface area contributed by atoms with Crippen LogP contribution in [0, 0.1) is 0 Å². The predicted octanol–water partition coefficient (Wildman–Crippen LogP) is -0.739. The number of carbonyl (C=O) groups excluding carboxylic acids is 3. The molecular formula is C16H27N5O3. The fraction of sp³-hybridized carbons (Fsp3) is 0.812. The van der Waals surface area contributed by atoms with Crippen molar-refractivity contribution in [1.29, 1.82) is 0 Å². The second-order valence-electron chi connectivity index (χ2n) is 6.95. The Hall–Kier alpha value is -1.67. The molecule has 0 radical (unpaired) electrons. The van der Waals surface area contributed by atoms with Crippen LogP contribution < -0.4 is 16.0 Å². The summed E-state index contributed by atoms with van der Waals surface area (Å²) in [7, 11) is 0. The Morgan fingerprint density at radius 1 is 1.25 bits per heavy atom. The minimum Gasteiger partial charge on any atom is -0.353 e. The van der Waals surface area contributed by atoms with Crippen molar-refractivity contribution in [2.75, 3.05) is 39.3 Å². The zero-order valence-electron chi connectivity index (χ0n) is 14.3. The summed E-state index contributed by atoms with van der Waals surface area (Å²) in [5.74, 6) is -0.515. The number of nitrogens with one attached hydrogen (secondary N) is 3. The van der Waals surface area contributed by atoms with Gasteiger partial charge in [-0.05, 0) is 19.8 Å². The molecule has 0 aromatic carbocycles. The first-order chi connectivity index (χ1) is 11.5. The van der Waals surface area contributed by atoms with Crippen molar-refractivity contribution < 1.29 is 14.4 Å². The maximum absolute atomic E-state index is 12.7. The zero-order chi connectivity index (χ0) is 17.2. The number of rotatable bonds is 5. The van der Waals surface area contributed by atoms with Gasteiger partial charge in [-0.1, -0.05) is 12.8 Å². The van der Waals surface area contributed by atoms with Gasteiger partial charge in [-0.3, -0.25) is 14.5 Å². The second kappa shape index (κ2) is 7.06. The topological polar surface area (TPSA) is 93.8 Å². The van der Waals surface area contributed by atoms with Gasteiger partial charge in [0.25, 0.3) is 5.91 Å². The summed E-state index contributed by atoms with van der Waals surface area (Å²) in [5, 5.41) is 8.95. The monoisotopic (exact) mass is 337 g/mol. The maximum atomic E-state index is 12.7. The van der Waals surface area contributed by atoms with Crippen LogP contribution in [-0.2, 0) is 9.59 Å². The second-order valence-corrected chi connectivity index (χ2v) is 6.95. The fourth-order valence-electron chi connectivity index (χ4n) is 3.85. The molecule has 1 saturated carbocycles. The Labute approximate surface area is 142 Å². The van der Waals surface area contributed by atoms with Gasteiger partial charge in [0.15, 0.2) is 0 Å². The molecule has 4 amide bonds. The first-order valence-electron chi connectivity index (χ1n) is 8.90. The van der Waals surface area contributed by atoms with Gasteiger partial charge in [-0.2, -0.15) is 0 Å². The van der Waals surface area contributed by atoms with Crippen molar-refractivity contribution in [3.63, 3.8) is 0 Å². The van der Waals surface area contributed by atoms with Crippen LogP contribution in [0.1, 0.15) is 32.6 Å². The molecular weight excluding hydrogens is 310 g/mol. The van der Waals surface area contributed by atoms with Crippen LogP contribution in [0.4, 0.5) is 4.79 Å². The van der Waals surface area contributed by atoms with Gasteiger partial charge in [0.05, 0.1) is 0 Å². The molecule has 134 valence electrons. The highest BCUT2D eigenvalue weighted by Crippen LogP contribution is 2.35. The van der Waals surface area contributed by atoms with E-state index in [9.17, 15) is 14.4 Å². The Morgan fingerprint density at radius 2 is 1.92 bits per heavy atom. The van der Waals surface area contributed by atoms with E-state index in [2.05, 4.69) is 20.9 Å². The number of piperazine rings is 1. The predicted molar refractivity (Wildman–Crippen MR) is 88.4 cm³/mol. The van der Waals surface area contributed by atoms with Gasteiger partial charge in [0, 0.05) is 39.3 Å². The number of urea groups is 1. The summed E-state index contributed by atoms with van der Waals surface area (Å²) in [6.07, 6.45) is 3.22. The van der Waals surface area contributed by atoms with E-state index < -0.39 is 17.6 Å². The summed E-state index contributed by atoms with van der Waals surface area (Å²) >= 11 is 0. The molecule has 2 heterocycles. The largest absolute Gasteiger partial charge is 0.353 e. The minimum atomic E-state index is -0.777. The summed E-state index contributed by atoms with van der Waals surface area (Å²) < 4.78 is 0. The molecule has 8 heteroatoms. The van der Waals surface area contributed by atoms with Crippen LogP contribution in [0.25, 0.3) is 0 Å². The highest BCUT2D eigenvalue weighted by molar-refractivity contribution is 6.09. The number of imide groups is 1. The van der Waals surface area contributed by atoms with Crippen LogP contribution in [0.5, 0.6) is 0 Å². The number of hydrogen-bond donors (Lipinski definition) is 3. The SMILES string of the molecule is CC(C(=O)NCCN1CCNCC1)N1C(=O)NC2(CCCC2)C1=O. The van der Waals surface area contributed by atoms with E-state index in [0.29, 0.717) is 19.4 Å². The van der Waals surface area contributed by atoms with Crippen LogP contribution >= 0.6 is 0 Å². The Morgan fingerprint density at radius 3 is 2.58 bits per heavy atom. The lowest BCUT2D eigenvalue weighted by Crippen LogP contribution is -2.51. The fourth-order valence-corrected chi connectivity index (χ4v) is 3.85. The summed E-state index contributed by atoms with van der Waals surface area (Å²) in [6, 6.07) is -1.22. The van der Waals surface area contributed by atoms with Crippen molar-refractivity contribution in [3.05, 3.63) is 0 Å². The molecule has 0 bridgehead atoms. The summed E-state index contributed by atoms with van der Waals surface area (Å²) in [5.41, 5.74) is -0.758.